The highest BCUT2D eigenvalue weighted by molar-refractivity contribution is 7.18. The van der Waals surface area contributed by atoms with Gasteiger partial charge < -0.3 is 4.74 Å². The molecular weight excluding hydrogens is 287 g/mol. The van der Waals surface area contributed by atoms with Crippen molar-refractivity contribution in [3.8, 4) is 5.75 Å². The number of halogens is 2. The Kier molecular flexibility index (Phi) is 4.22. The number of benzene rings is 1. The van der Waals surface area contributed by atoms with E-state index in [1.54, 1.807) is 38.1 Å². The number of hydrogen-bond donors (Lipinski definition) is 0. The highest BCUT2D eigenvalue weighted by Crippen LogP contribution is 2.24. The Labute approximate surface area is 119 Å². The van der Waals surface area contributed by atoms with Gasteiger partial charge in [-0.05, 0) is 37.6 Å². The maximum absolute atomic E-state index is 13.4. The van der Waals surface area contributed by atoms with Gasteiger partial charge in [-0.2, -0.15) is 0 Å². The van der Waals surface area contributed by atoms with E-state index < -0.39 is 6.10 Å². The molecule has 0 fully saturated rings. The van der Waals surface area contributed by atoms with Gasteiger partial charge in [-0.25, -0.2) is 4.39 Å². The van der Waals surface area contributed by atoms with Crippen molar-refractivity contribution in [3.05, 3.63) is 50.9 Å². The molecule has 0 bridgehead atoms. The molecule has 0 amide bonds. The molecule has 1 heterocycles. The first-order valence-electron chi connectivity index (χ1n) is 5.69. The van der Waals surface area contributed by atoms with Crippen molar-refractivity contribution in [2.24, 2.45) is 0 Å². The van der Waals surface area contributed by atoms with E-state index in [9.17, 15) is 9.18 Å². The van der Waals surface area contributed by atoms with Crippen molar-refractivity contribution in [1.29, 1.82) is 0 Å². The van der Waals surface area contributed by atoms with Crippen LogP contribution in [0.5, 0.6) is 5.75 Å². The van der Waals surface area contributed by atoms with Gasteiger partial charge in [-0.15, -0.1) is 11.3 Å². The molecule has 2 aromatic rings. The number of aryl methyl sites for hydroxylation is 1. The molecular formula is C14H12ClFO2S. The molecule has 0 spiro atoms. The van der Waals surface area contributed by atoms with Gasteiger partial charge in [0, 0.05) is 6.07 Å². The molecule has 0 aliphatic heterocycles. The molecule has 1 aromatic heterocycles. The van der Waals surface area contributed by atoms with Crippen LogP contribution in [0.2, 0.25) is 4.34 Å². The predicted octanol–water partition coefficient (Wildman–Crippen LogP) is 4.50. The Morgan fingerprint density at radius 1 is 1.37 bits per heavy atom. The van der Waals surface area contributed by atoms with Gasteiger partial charge in [0.25, 0.3) is 0 Å². The normalized spacial score (nSPS) is 12.2. The zero-order valence-corrected chi connectivity index (χ0v) is 12.0. The van der Waals surface area contributed by atoms with E-state index in [2.05, 4.69) is 0 Å². The molecule has 5 heteroatoms. The minimum Gasteiger partial charge on any atom is -0.482 e. The molecule has 0 saturated carbocycles. The molecule has 1 aromatic carbocycles. The lowest BCUT2D eigenvalue weighted by Gasteiger charge is -2.13. The molecule has 1 atom stereocenters. The Hall–Kier alpha value is -1.39. The number of hydrogen-bond acceptors (Lipinski definition) is 3. The zero-order chi connectivity index (χ0) is 14.0. The number of rotatable bonds is 4. The van der Waals surface area contributed by atoms with Crippen molar-refractivity contribution < 1.29 is 13.9 Å². The summed E-state index contributed by atoms with van der Waals surface area (Å²) in [6, 6.07) is 7.86. The highest BCUT2D eigenvalue weighted by atomic mass is 35.5. The summed E-state index contributed by atoms with van der Waals surface area (Å²) in [4.78, 5) is 12.6. The Bertz CT molecular complexity index is 609. The van der Waals surface area contributed by atoms with Gasteiger partial charge in [0.2, 0.25) is 5.78 Å². The van der Waals surface area contributed by atoms with Crippen LogP contribution in [0.25, 0.3) is 0 Å². The van der Waals surface area contributed by atoms with Crippen molar-refractivity contribution in [2.75, 3.05) is 0 Å². The highest BCUT2D eigenvalue weighted by Gasteiger charge is 2.19. The largest absolute Gasteiger partial charge is 0.482 e. The molecule has 0 radical (unpaired) electrons. The second-order valence-corrected chi connectivity index (χ2v) is 5.85. The zero-order valence-electron chi connectivity index (χ0n) is 10.4. The third-order valence-electron chi connectivity index (χ3n) is 2.64. The number of Topliss-reactive ketones (excluding diaryl/α,β-unsaturated/α-hetero) is 1. The molecule has 2 rings (SSSR count). The molecule has 0 N–H and O–H groups in total. The van der Waals surface area contributed by atoms with E-state index in [1.165, 1.54) is 17.4 Å². The topological polar surface area (TPSA) is 26.3 Å². The fraction of sp³-hybridized carbons (Fsp3) is 0.214. The van der Waals surface area contributed by atoms with Crippen LogP contribution in [-0.4, -0.2) is 11.9 Å². The molecule has 19 heavy (non-hydrogen) atoms. The first-order chi connectivity index (χ1) is 8.97. The number of carbonyl (C=O) groups is 1. The fourth-order valence-electron chi connectivity index (χ4n) is 1.55. The van der Waals surface area contributed by atoms with E-state index in [0.717, 1.165) is 0 Å². The summed E-state index contributed by atoms with van der Waals surface area (Å²) in [6.45, 7) is 3.30. The summed E-state index contributed by atoms with van der Waals surface area (Å²) in [6.07, 6.45) is -0.683. The summed E-state index contributed by atoms with van der Waals surface area (Å²) in [7, 11) is 0. The molecule has 2 nitrogen and oxygen atoms in total. The number of thiophene rings is 1. The third kappa shape index (κ3) is 3.33. The van der Waals surface area contributed by atoms with E-state index in [-0.39, 0.29) is 11.6 Å². The number of carbonyl (C=O) groups excluding carboxylic acids is 1. The molecule has 100 valence electrons. The minimum absolute atomic E-state index is 0.169. The average Bonchev–Trinajstić information content (AvgIpc) is 2.79. The van der Waals surface area contributed by atoms with Gasteiger partial charge >= 0.3 is 0 Å². The maximum atomic E-state index is 13.4. The van der Waals surface area contributed by atoms with Crippen LogP contribution >= 0.6 is 22.9 Å². The second-order valence-electron chi connectivity index (χ2n) is 4.14. The van der Waals surface area contributed by atoms with Gasteiger partial charge in [0.05, 0.1) is 9.21 Å². The van der Waals surface area contributed by atoms with E-state index >= 15 is 0 Å². The second kappa shape index (κ2) is 5.72. The van der Waals surface area contributed by atoms with Gasteiger partial charge in [0.1, 0.15) is 11.6 Å². The molecule has 0 aliphatic carbocycles. The average molecular weight is 299 g/mol. The summed E-state index contributed by atoms with van der Waals surface area (Å²) < 4.78 is 19.4. The third-order valence-corrected chi connectivity index (χ3v) is 3.89. The Morgan fingerprint density at radius 3 is 2.68 bits per heavy atom. The molecule has 0 saturated heterocycles. The lowest BCUT2D eigenvalue weighted by molar-refractivity contribution is 0.0822. The lowest BCUT2D eigenvalue weighted by atomic mass is 10.2. The summed E-state index contributed by atoms with van der Waals surface area (Å²) >= 11 is 6.99. The van der Waals surface area contributed by atoms with Gasteiger partial charge in [-0.3, -0.25) is 4.79 Å². The number of ketones is 1. The molecule has 1 unspecified atom stereocenters. The van der Waals surface area contributed by atoms with Crippen LogP contribution in [0.4, 0.5) is 4.39 Å². The van der Waals surface area contributed by atoms with Crippen LogP contribution in [0, 0.1) is 12.7 Å². The smallest absolute Gasteiger partial charge is 0.212 e. The summed E-state index contributed by atoms with van der Waals surface area (Å²) in [5, 5.41) is 0. The van der Waals surface area contributed by atoms with Crippen molar-refractivity contribution in [1.82, 2.24) is 0 Å². The van der Waals surface area contributed by atoms with Crippen molar-refractivity contribution in [2.45, 2.75) is 20.0 Å². The van der Waals surface area contributed by atoms with Crippen LogP contribution in [-0.2, 0) is 0 Å². The van der Waals surface area contributed by atoms with Crippen LogP contribution in [0.3, 0.4) is 0 Å². The molecule has 0 aliphatic rings. The Balaban J connectivity index is 2.10. The lowest BCUT2D eigenvalue weighted by Crippen LogP contribution is -2.23. The predicted molar refractivity (Wildman–Crippen MR) is 74.9 cm³/mol. The van der Waals surface area contributed by atoms with Crippen LogP contribution in [0.1, 0.15) is 22.2 Å². The minimum atomic E-state index is -0.683. The SMILES string of the molecule is Cc1ccc(OC(C)C(=O)c2ccc(Cl)s2)cc1F. The van der Waals surface area contributed by atoms with E-state index in [1.807, 2.05) is 0 Å². The standard InChI is InChI=1S/C14H12ClFO2S/c1-8-3-4-10(7-11(8)16)18-9(2)14(17)12-5-6-13(15)19-12/h3-7,9H,1-2H3. The van der Waals surface area contributed by atoms with Crippen molar-refractivity contribution in [3.63, 3.8) is 0 Å². The number of ether oxygens (including phenoxy) is 1. The maximum Gasteiger partial charge on any atom is 0.212 e. The van der Waals surface area contributed by atoms with Gasteiger partial charge in [-0.1, -0.05) is 17.7 Å². The monoisotopic (exact) mass is 298 g/mol. The van der Waals surface area contributed by atoms with Crippen LogP contribution in [0.15, 0.2) is 30.3 Å². The van der Waals surface area contributed by atoms with E-state index in [4.69, 9.17) is 16.3 Å². The summed E-state index contributed by atoms with van der Waals surface area (Å²) in [5.41, 5.74) is 0.538. The van der Waals surface area contributed by atoms with Crippen molar-refractivity contribution >= 4 is 28.7 Å². The quantitative estimate of drug-likeness (QED) is 0.777. The van der Waals surface area contributed by atoms with Gasteiger partial charge in [0.15, 0.2) is 6.10 Å². The first-order valence-corrected chi connectivity index (χ1v) is 6.89. The summed E-state index contributed by atoms with van der Waals surface area (Å²) in [5.74, 6) is -0.180. The fourth-order valence-corrected chi connectivity index (χ4v) is 2.61. The van der Waals surface area contributed by atoms with E-state index in [0.29, 0.717) is 20.5 Å². The van der Waals surface area contributed by atoms with Crippen LogP contribution < -0.4 is 4.74 Å². The first kappa shape index (κ1) is 14.0. The Morgan fingerprint density at radius 2 is 2.11 bits per heavy atom.